The van der Waals surface area contributed by atoms with E-state index in [0.717, 1.165) is 12.8 Å². The first kappa shape index (κ1) is 24.5. The minimum absolute atomic E-state index is 0.00732. The summed E-state index contributed by atoms with van der Waals surface area (Å²) >= 11 is 6.00. The Morgan fingerprint density at radius 2 is 1.91 bits per heavy atom. The van der Waals surface area contributed by atoms with Crippen molar-refractivity contribution in [2.45, 2.75) is 56.3 Å². The van der Waals surface area contributed by atoms with Gasteiger partial charge in [0.2, 0.25) is 11.7 Å². The van der Waals surface area contributed by atoms with Crippen molar-refractivity contribution in [2.24, 2.45) is 11.8 Å². The fraction of sp³-hybridized carbons (Fsp3) is 0.545. The number of hydrogen-bond donors (Lipinski definition) is 5. The first-order chi connectivity index (χ1) is 16.0. The van der Waals surface area contributed by atoms with Gasteiger partial charge < -0.3 is 21.1 Å². The molecular weight excluding hydrogens is 474 g/mol. The molecule has 1 aromatic carbocycles. The average molecular weight is 499 g/mol. The molecule has 0 spiro atoms. The van der Waals surface area contributed by atoms with Gasteiger partial charge in [-0.3, -0.25) is 24.5 Å². The highest BCUT2D eigenvalue weighted by molar-refractivity contribution is 6.38. The number of halogens is 3. The summed E-state index contributed by atoms with van der Waals surface area (Å²) in [5.74, 6) is -8.37. The van der Waals surface area contributed by atoms with Gasteiger partial charge >= 0.3 is 0 Å². The van der Waals surface area contributed by atoms with Crippen molar-refractivity contribution in [2.75, 3.05) is 11.9 Å². The Labute approximate surface area is 199 Å². The predicted molar refractivity (Wildman–Crippen MR) is 117 cm³/mol. The molecular formula is C22H25ClF2N4O5. The van der Waals surface area contributed by atoms with Crippen molar-refractivity contribution < 1.29 is 33.1 Å². The molecule has 0 bridgehead atoms. The summed E-state index contributed by atoms with van der Waals surface area (Å²) in [5, 5.41) is 20.5. The lowest BCUT2D eigenvalue weighted by Crippen LogP contribution is -2.49. The van der Waals surface area contributed by atoms with Crippen LogP contribution >= 0.6 is 11.6 Å². The van der Waals surface area contributed by atoms with Crippen LogP contribution in [-0.2, 0) is 14.4 Å². The van der Waals surface area contributed by atoms with Gasteiger partial charge in [0, 0.05) is 23.4 Å². The molecule has 1 saturated heterocycles. The Kier molecular flexibility index (Phi) is 6.88. The number of anilines is 1. The quantitative estimate of drug-likeness (QED) is 0.324. The van der Waals surface area contributed by atoms with Gasteiger partial charge in [-0.15, -0.1) is 0 Å². The zero-order chi connectivity index (χ0) is 24.6. The van der Waals surface area contributed by atoms with Crippen LogP contribution in [0.2, 0.25) is 5.02 Å². The van der Waals surface area contributed by atoms with Crippen LogP contribution in [0.3, 0.4) is 0 Å². The van der Waals surface area contributed by atoms with Gasteiger partial charge in [-0.25, -0.2) is 8.78 Å². The van der Waals surface area contributed by atoms with Crippen LogP contribution in [0, 0.1) is 11.8 Å². The smallest absolute Gasteiger partial charge is 0.289 e. The van der Waals surface area contributed by atoms with E-state index in [-0.39, 0.29) is 34.7 Å². The van der Waals surface area contributed by atoms with Gasteiger partial charge in [0.25, 0.3) is 17.7 Å². The van der Waals surface area contributed by atoms with E-state index in [4.69, 9.17) is 11.6 Å². The van der Waals surface area contributed by atoms with Crippen molar-refractivity contribution in [1.82, 2.24) is 16.0 Å². The molecule has 3 fully saturated rings. The normalized spacial score (nSPS) is 25.8. The highest BCUT2D eigenvalue weighted by atomic mass is 35.5. The third kappa shape index (κ3) is 5.70. The minimum Gasteiger partial charge on any atom is -0.378 e. The lowest BCUT2D eigenvalue weighted by molar-refractivity contribution is -0.139. The van der Waals surface area contributed by atoms with Gasteiger partial charge in [0.15, 0.2) is 0 Å². The third-order valence-electron chi connectivity index (χ3n) is 6.24. The number of nitrogens with one attached hydrogen (secondary N) is 4. The summed E-state index contributed by atoms with van der Waals surface area (Å²) in [4.78, 5) is 50.5. The van der Waals surface area contributed by atoms with Gasteiger partial charge in [0.05, 0.1) is 17.3 Å². The molecule has 2 saturated carbocycles. The number of amides is 3. The molecule has 1 aliphatic heterocycles. The third-order valence-corrected chi connectivity index (χ3v) is 6.47. The van der Waals surface area contributed by atoms with Crippen LogP contribution in [0.5, 0.6) is 0 Å². The summed E-state index contributed by atoms with van der Waals surface area (Å²) in [5.41, 5.74) is -0.193. The maximum atomic E-state index is 13.3. The fourth-order valence-corrected chi connectivity index (χ4v) is 4.10. The Bertz CT molecular complexity index is 1020. The lowest BCUT2D eigenvalue weighted by atomic mass is 9.94. The van der Waals surface area contributed by atoms with E-state index in [0.29, 0.717) is 13.0 Å². The molecule has 9 nitrogen and oxygen atoms in total. The number of aliphatic hydroxyl groups is 1. The Hall–Kier alpha value is -2.63. The second kappa shape index (κ2) is 9.55. The first-order valence-corrected chi connectivity index (χ1v) is 11.5. The van der Waals surface area contributed by atoms with E-state index in [1.807, 2.05) is 0 Å². The second-order valence-corrected chi connectivity index (χ2v) is 9.45. The number of carbonyl (C=O) groups excluding carboxylic acids is 4. The molecule has 184 valence electrons. The molecule has 1 unspecified atom stereocenters. The van der Waals surface area contributed by atoms with Crippen molar-refractivity contribution in [3.63, 3.8) is 0 Å². The van der Waals surface area contributed by atoms with Gasteiger partial charge in [-0.2, -0.15) is 0 Å². The van der Waals surface area contributed by atoms with Gasteiger partial charge in [0.1, 0.15) is 12.1 Å². The molecule has 34 heavy (non-hydrogen) atoms. The van der Waals surface area contributed by atoms with Crippen LogP contribution in [-0.4, -0.2) is 59.4 Å². The molecule has 4 rings (SSSR count). The molecule has 3 amide bonds. The highest BCUT2D eigenvalue weighted by Gasteiger charge is 2.61. The highest BCUT2D eigenvalue weighted by Crippen LogP contribution is 2.49. The first-order valence-electron chi connectivity index (χ1n) is 11.1. The number of ketones is 1. The molecule has 12 heteroatoms. The van der Waals surface area contributed by atoms with Crippen LogP contribution < -0.4 is 21.3 Å². The van der Waals surface area contributed by atoms with Gasteiger partial charge in [-0.05, 0) is 50.4 Å². The number of Topliss-reactive ketones (excluding diaryl/α,β-unsaturated/α-hetero) is 1. The van der Waals surface area contributed by atoms with E-state index in [2.05, 4.69) is 21.3 Å². The predicted octanol–water partition coefficient (Wildman–Crippen LogP) is 1.20. The summed E-state index contributed by atoms with van der Waals surface area (Å²) in [6.45, 7) is 0.519. The van der Waals surface area contributed by atoms with E-state index < -0.39 is 54.0 Å². The number of aliphatic hydroxyl groups excluding tert-OH is 1. The Balaban J connectivity index is 1.51. The van der Waals surface area contributed by atoms with Gasteiger partial charge in [-0.1, -0.05) is 11.6 Å². The molecule has 0 aromatic heterocycles. The average Bonchev–Trinajstić information content (AvgIpc) is 3.67. The molecule has 0 radical (unpaired) electrons. The summed E-state index contributed by atoms with van der Waals surface area (Å²) in [6.07, 6.45) is 0.630. The number of benzene rings is 1. The van der Waals surface area contributed by atoms with Crippen molar-refractivity contribution in [3.8, 4) is 0 Å². The second-order valence-electron chi connectivity index (χ2n) is 9.02. The number of carbonyl (C=O) groups is 4. The van der Waals surface area contributed by atoms with Crippen molar-refractivity contribution in [3.05, 3.63) is 28.8 Å². The Morgan fingerprint density at radius 1 is 1.21 bits per heavy atom. The molecule has 2 aliphatic carbocycles. The zero-order valence-corrected chi connectivity index (χ0v) is 18.8. The summed E-state index contributed by atoms with van der Waals surface area (Å²) < 4.78 is 26.5. The van der Waals surface area contributed by atoms with E-state index in [1.165, 1.54) is 18.2 Å². The number of rotatable bonds is 9. The minimum atomic E-state index is -3.08. The largest absolute Gasteiger partial charge is 0.378 e. The van der Waals surface area contributed by atoms with Crippen LogP contribution in [0.25, 0.3) is 0 Å². The number of hydrogen-bond acceptors (Lipinski definition) is 6. The standard InChI is InChI=1S/C22H25ClF2N4O5/c23-11-1-4-15(28-20(33)14-9-22(14,24)25)13(8-11)19(32)29-16(7-10-5-6-26-18(10)31)17(30)21(34)27-12-2-3-12/h1,4,8,10,12,14,16,18,26,31H,2-3,5-7,9H2,(H,27,34)(H,28,33)(H,29,32)/t10-,14+,16-,18?/m0/s1. The number of alkyl halides is 2. The topological polar surface area (TPSA) is 137 Å². The molecule has 4 atom stereocenters. The summed E-state index contributed by atoms with van der Waals surface area (Å²) in [7, 11) is 0. The zero-order valence-electron chi connectivity index (χ0n) is 18.1. The van der Waals surface area contributed by atoms with E-state index in [9.17, 15) is 33.1 Å². The van der Waals surface area contributed by atoms with Crippen LogP contribution in [0.1, 0.15) is 42.5 Å². The SMILES string of the molecule is O=C(NC1CC1)C(=O)[C@H](C[C@@H]1CCNC1O)NC(=O)c1cc(Cl)ccc1NC(=O)[C@H]1CC1(F)F. The maximum Gasteiger partial charge on any atom is 0.289 e. The van der Waals surface area contributed by atoms with E-state index in [1.54, 1.807) is 0 Å². The lowest BCUT2D eigenvalue weighted by Gasteiger charge is -2.23. The maximum absolute atomic E-state index is 13.3. The molecule has 5 N–H and O–H groups in total. The van der Waals surface area contributed by atoms with Crippen LogP contribution in [0.4, 0.5) is 14.5 Å². The van der Waals surface area contributed by atoms with Crippen LogP contribution in [0.15, 0.2) is 18.2 Å². The Morgan fingerprint density at radius 3 is 2.50 bits per heavy atom. The summed E-state index contributed by atoms with van der Waals surface area (Å²) in [6, 6.07) is 2.60. The van der Waals surface area contributed by atoms with Crippen molar-refractivity contribution >= 4 is 40.8 Å². The fourth-order valence-electron chi connectivity index (χ4n) is 3.93. The molecule has 3 aliphatic rings. The van der Waals surface area contributed by atoms with Crippen molar-refractivity contribution in [1.29, 1.82) is 0 Å². The monoisotopic (exact) mass is 498 g/mol. The molecule has 1 heterocycles. The van der Waals surface area contributed by atoms with E-state index >= 15 is 0 Å². The molecule has 1 aromatic rings.